The second-order valence-corrected chi connectivity index (χ2v) is 4.94. The monoisotopic (exact) mass is 357 g/mol. The van der Waals surface area contributed by atoms with Crippen molar-refractivity contribution in [1.29, 1.82) is 0 Å². The average Bonchev–Trinajstić information content (AvgIpc) is 2.67. The van der Waals surface area contributed by atoms with Gasteiger partial charge in [-0.3, -0.25) is 9.78 Å². The zero-order valence-electron chi connectivity index (χ0n) is 14.5. The normalized spacial score (nSPS) is 10.4. The number of amides is 1. The number of hydrogen-bond acceptors (Lipinski definition) is 7. The van der Waals surface area contributed by atoms with Gasteiger partial charge < -0.3 is 14.2 Å². The van der Waals surface area contributed by atoms with Crippen LogP contribution in [0.3, 0.4) is 0 Å². The van der Waals surface area contributed by atoms with Gasteiger partial charge >= 0.3 is 5.97 Å². The highest BCUT2D eigenvalue weighted by Crippen LogP contribution is 2.27. The van der Waals surface area contributed by atoms with Crippen molar-refractivity contribution in [2.24, 2.45) is 5.10 Å². The number of nitrogens with zero attached hydrogens (tertiary/aromatic N) is 2. The highest BCUT2D eigenvalue weighted by atomic mass is 16.6. The van der Waals surface area contributed by atoms with Crippen LogP contribution in [-0.4, -0.2) is 43.4 Å². The molecule has 0 aliphatic rings. The Morgan fingerprint density at radius 1 is 1.27 bits per heavy atom. The fraction of sp³-hybridized carbons (Fsp3) is 0.222. The van der Waals surface area contributed by atoms with Gasteiger partial charge in [0.2, 0.25) is 0 Å². The average molecular weight is 357 g/mol. The van der Waals surface area contributed by atoms with E-state index in [4.69, 9.17) is 14.2 Å². The molecule has 136 valence electrons. The number of aromatic nitrogens is 1. The second-order valence-electron chi connectivity index (χ2n) is 4.94. The number of carbonyl (C=O) groups is 2. The lowest BCUT2D eigenvalue weighted by Gasteiger charge is -2.10. The van der Waals surface area contributed by atoms with E-state index in [0.29, 0.717) is 22.6 Å². The molecular formula is C18H19N3O5. The fourth-order valence-electron chi connectivity index (χ4n) is 1.95. The molecule has 0 saturated carbocycles. The number of rotatable bonds is 8. The van der Waals surface area contributed by atoms with Gasteiger partial charge in [-0.15, -0.1) is 0 Å². The Balaban J connectivity index is 2.01. The van der Waals surface area contributed by atoms with Crippen LogP contribution < -0.4 is 14.9 Å². The van der Waals surface area contributed by atoms with Crippen molar-refractivity contribution in [2.45, 2.75) is 6.92 Å². The highest BCUT2D eigenvalue weighted by molar-refractivity contribution is 5.94. The minimum atomic E-state index is -0.475. The number of pyridine rings is 1. The summed E-state index contributed by atoms with van der Waals surface area (Å²) in [5, 5.41) is 3.90. The summed E-state index contributed by atoms with van der Waals surface area (Å²) in [7, 11) is 1.49. The SMILES string of the molecule is CCOC(=O)COc1cc(/C=N/NC(=O)c2cccnc2)ccc1OC. The van der Waals surface area contributed by atoms with E-state index >= 15 is 0 Å². The molecule has 1 aromatic heterocycles. The number of benzene rings is 1. The molecule has 0 bridgehead atoms. The predicted octanol–water partition coefficient (Wildman–Crippen LogP) is 1.80. The van der Waals surface area contributed by atoms with Gasteiger partial charge in [-0.2, -0.15) is 5.10 Å². The van der Waals surface area contributed by atoms with Crippen molar-refractivity contribution in [2.75, 3.05) is 20.3 Å². The molecule has 0 unspecified atom stereocenters. The molecule has 26 heavy (non-hydrogen) atoms. The number of carbonyl (C=O) groups excluding carboxylic acids is 2. The van der Waals surface area contributed by atoms with Gasteiger partial charge in [0.25, 0.3) is 5.91 Å². The predicted molar refractivity (Wildman–Crippen MR) is 94.4 cm³/mol. The maximum atomic E-state index is 11.9. The molecule has 2 rings (SSSR count). The van der Waals surface area contributed by atoms with Gasteiger partial charge in [-0.25, -0.2) is 10.2 Å². The number of nitrogens with one attached hydrogen (secondary N) is 1. The van der Waals surface area contributed by atoms with Crippen LogP contribution in [0.4, 0.5) is 0 Å². The van der Waals surface area contributed by atoms with Crippen LogP contribution in [0, 0.1) is 0 Å². The van der Waals surface area contributed by atoms with Crippen LogP contribution in [0.5, 0.6) is 11.5 Å². The van der Waals surface area contributed by atoms with Crippen LogP contribution in [0.15, 0.2) is 47.8 Å². The number of methoxy groups -OCH3 is 1. The lowest BCUT2D eigenvalue weighted by molar-refractivity contribution is -0.145. The fourth-order valence-corrected chi connectivity index (χ4v) is 1.95. The van der Waals surface area contributed by atoms with Crippen molar-refractivity contribution >= 4 is 18.1 Å². The van der Waals surface area contributed by atoms with E-state index < -0.39 is 5.97 Å². The molecule has 0 atom stereocenters. The minimum Gasteiger partial charge on any atom is -0.493 e. The Kier molecular flexibility index (Phi) is 7.11. The molecule has 1 amide bonds. The zero-order chi connectivity index (χ0) is 18.8. The Morgan fingerprint density at radius 3 is 2.81 bits per heavy atom. The Hall–Kier alpha value is -3.42. The van der Waals surface area contributed by atoms with Crippen LogP contribution in [0.2, 0.25) is 0 Å². The van der Waals surface area contributed by atoms with E-state index in [9.17, 15) is 9.59 Å². The van der Waals surface area contributed by atoms with Crippen molar-refractivity contribution in [1.82, 2.24) is 10.4 Å². The summed E-state index contributed by atoms with van der Waals surface area (Å²) >= 11 is 0. The standard InChI is InChI=1S/C18H19N3O5/c1-3-25-17(22)12-26-16-9-13(6-7-15(16)24-2)10-20-21-18(23)14-5-4-8-19-11-14/h4-11H,3,12H2,1-2H3,(H,21,23)/b20-10+. The zero-order valence-corrected chi connectivity index (χ0v) is 14.5. The molecule has 0 radical (unpaired) electrons. The Bertz CT molecular complexity index is 778. The molecule has 2 aromatic rings. The van der Waals surface area contributed by atoms with Gasteiger partial charge in [0.15, 0.2) is 18.1 Å². The summed E-state index contributed by atoms with van der Waals surface area (Å²) in [6.45, 7) is 1.76. The first-order chi connectivity index (χ1) is 12.6. The van der Waals surface area contributed by atoms with Gasteiger partial charge in [-0.05, 0) is 42.8 Å². The largest absolute Gasteiger partial charge is 0.493 e. The molecule has 8 heteroatoms. The molecule has 0 fully saturated rings. The summed E-state index contributed by atoms with van der Waals surface area (Å²) in [4.78, 5) is 27.2. The maximum absolute atomic E-state index is 11.9. The third-order valence-electron chi connectivity index (χ3n) is 3.14. The second kappa shape index (κ2) is 9.77. The maximum Gasteiger partial charge on any atom is 0.344 e. The summed E-state index contributed by atoms with van der Waals surface area (Å²) in [5.74, 6) is -0.0204. The smallest absolute Gasteiger partial charge is 0.344 e. The number of ether oxygens (including phenoxy) is 3. The van der Waals surface area contributed by atoms with E-state index in [-0.39, 0.29) is 19.1 Å². The quantitative estimate of drug-likeness (QED) is 0.439. The summed E-state index contributed by atoms with van der Waals surface area (Å²) in [6.07, 6.45) is 4.47. The van der Waals surface area contributed by atoms with Crippen molar-refractivity contribution in [3.05, 3.63) is 53.9 Å². The summed E-state index contributed by atoms with van der Waals surface area (Å²) < 4.78 is 15.4. The number of hydrogen-bond donors (Lipinski definition) is 1. The molecule has 8 nitrogen and oxygen atoms in total. The molecule has 0 aliphatic carbocycles. The van der Waals surface area contributed by atoms with Crippen molar-refractivity contribution in [3.63, 3.8) is 0 Å². The Labute approximate surface area is 150 Å². The van der Waals surface area contributed by atoms with Gasteiger partial charge in [0.1, 0.15) is 0 Å². The van der Waals surface area contributed by atoms with Crippen molar-refractivity contribution < 1.29 is 23.8 Å². The van der Waals surface area contributed by atoms with E-state index in [0.717, 1.165) is 0 Å². The third kappa shape index (κ3) is 5.59. The topological polar surface area (TPSA) is 99.1 Å². The minimum absolute atomic E-state index is 0.234. The van der Waals surface area contributed by atoms with E-state index in [1.54, 1.807) is 43.5 Å². The van der Waals surface area contributed by atoms with Crippen LogP contribution >= 0.6 is 0 Å². The van der Waals surface area contributed by atoms with Crippen LogP contribution in [0.1, 0.15) is 22.8 Å². The first-order valence-corrected chi connectivity index (χ1v) is 7.84. The molecule has 0 saturated heterocycles. The Morgan fingerprint density at radius 2 is 2.12 bits per heavy atom. The highest BCUT2D eigenvalue weighted by Gasteiger charge is 2.09. The lowest BCUT2D eigenvalue weighted by atomic mass is 10.2. The molecule has 1 aromatic carbocycles. The van der Waals surface area contributed by atoms with E-state index in [1.807, 2.05) is 0 Å². The first kappa shape index (κ1) is 18.9. The molecule has 0 spiro atoms. The van der Waals surface area contributed by atoms with Crippen LogP contribution in [0.25, 0.3) is 0 Å². The lowest BCUT2D eigenvalue weighted by Crippen LogP contribution is -2.17. The molecule has 0 aliphatic heterocycles. The van der Waals surface area contributed by atoms with Gasteiger partial charge in [0.05, 0.1) is 25.5 Å². The van der Waals surface area contributed by atoms with E-state index in [2.05, 4.69) is 15.5 Å². The molecule has 1 heterocycles. The van der Waals surface area contributed by atoms with Crippen LogP contribution in [-0.2, 0) is 9.53 Å². The number of esters is 1. The molecule has 1 N–H and O–H groups in total. The van der Waals surface area contributed by atoms with Crippen molar-refractivity contribution in [3.8, 4) is 11.5 Å². The molecular weight excluding hydrogens is 338 g/mol. The summed E-state index contributed by atoms with van der Waals surface area (Å²) in [5.41, 5.74) is 3.46. The van der Waals surface area contributed by atoms with E-state index in [1.165, 1.54) is 19.5 Å². The summed E-state index contributed by atoms with van der Waals surface area (Å²) in [6, 6.07) is 8.33. The first-order valence-electron chi connectivity index (χ1n) is 7.84. The number of hydrazone groups is 1. The third-order valence-corrected chi connectivity index (χ3v) is 3.14. The van der Waals surface area contributed by atoms with Gasteiger partial charge in [0, 0.05) is 12.4 Å². The van der Waals surface area contributed by atoms with Gasteiger partial charge in [-0.1, -0.05) is 0 Å².